The molecule has 0 unspecified atom stereocenters. The number of halogens is 1. The third-order valence-corrected chi connectivity index (χ3v) is 9.18. The van der Waals surface area contributed by atoms with E-state index in [2.05, 4.69) is 111 Å². The second-order valence-electron chi connectivity index (χ2n) is 5.67. The molecule has 1 radical (unpaired) electrons. The van der Waals surface area contributed by atoms with Gasteiger partial charge in [0.2, 0.25) is 0 Å². The van der Waals surface area contributed by atoms with Crippen LogP contribution in [0.4, 0.5) is 0 Å². The molecule has 0 amide bonds. The molecule has 0 aliphatic heterocycles. The molecular formula is C24H20AsClOPPd-2. The van der Waals surface area contributed by atoms with Crippen LogP contribution in [0.3, 0.4) is 0 Å². The zero-order chi connectivity index (χ0) is 18.7. The van der Waals surface area contributed by atoms with Gasteiger partial charge in [-0.2, -0.15) is 0 Å². The zero-order valence-corrected chi connectivity index (χ0v) is 20.7. The van der Waals surface area contributed by atoms with Crippen molar-refractivity contribution in [1.82, 2.24) is 0 Å². The van der Waals surface area contributed by atoms with E-state index in [1.54, 1.807) is 6.07 Å². The summed E-state index contributed by atoms with van der Waals surface area (Å²) >= 11 is -1.39. The van der Waals surface area contributed by atoms with Crippen LogP contribution in [0.2, 0.25) is 0 Å². The van der Waals surface area contributed by atoms with Crippen LogP contribution in [-0.4, -0.2) is 14.7 Å². The van der Waals surface area contributed by atoms with Crippen LogP contribution >= 0.6 is 9.47 Å². The van der Waals surface area contributed by atoms with E-state index in [1.165, 1.54) is 13.1 Å². The number of para-hydroxylation sites is 1. The normalized spacial score (nSPS) is 9.31. The molecule has 29 heavy (non-hydrogen) atoms. The van der Waals surface area contributed by atoms with E-state index >= 15 is 0 Å². The molecule has 0 saturated heterocycles. The SMILES string of the molecule is [Cl-].[PH-]Oc1[c]cccc1.[Pd].c1ccc([As](c2ccccc2)c2ccccc2)cc1. The molecular weight excluding hydrogens is 552 g/mol. The number of hydrogen-bond acceptors (Lipinski definition) is 1. The minimum atomic E-state index is -1.39. The monoisotopic (exact) mass is 571 g/mol. The summed E-state index contributed by atoms with van der Waals surface area (Å²) in [5, 5.41) is 0. The molecule has 1 nitrogen and oxygen atoms in total. The van der Waals surface area contributed by atoms with Crippen molar-refractivity contribution in [2.24, 2.45) is 0 Å². The average molecular weight is 572 g/mol. The van der Waals surface area contributed by atoms with Gasteiger partial charge in [0.25, 0.3) is 0 Å². The Morgan fingerprint density at radius 1 is 0.586 bits per heavy atom. The van der Waals surface area contributed by atoms with Crippen molar-refractivity contribution in [3.05, 3.63) is 121 Å². The second-order valence-corrected chi connectivity index (χ2v) is 10.5. The Morgan fingerprint density at radius 3 is 1.24 bits per heavy atom. The molecule has 0 aromatic heterocycles. The molecule has 4 rings (SSSR count). The van der Waals surface area contributed by atoms with Crippen LogP contribution in [0.1, 0.15) is 0 Å². The summed E-state index contributed by atoms with van der Waals surface area (Å²) in [5.41, 5.74) is 0. The molecule has 0 aliphatic rings. The van der Waals surface area contributed by atoms with E-state index < -0.39 is 14.7 Å². The molecule has 0 N–H and O–H groups in total. The molecule has 151 valence electrons. The molecule has 0 spiro atoms. The van der Waals surface area contributed by atoms with Crippen LogP contribution in [-0.2, 0) is 20.4 Å². The van der Waals surface area contributed by atoms with Gasteiger partial charge in [0.05, 0.1) is 5.75 Å². The first-order chi connectivity index (χ1) is 13.4. The summed E-state index contributed by atoms with van der Waals surface area (Å²) in [7, 11) is 2.87. The van der Waals surface area contributed by atoms with Crippen LogP contribution in [0.5, 0.6) is 5.75 Å². The topological polar surface area (TPSA) is 9.23 Å². The minimum absolute atomic E-state index is 0. The Bertz CT molecular complexity index is 818. The third-order valence-electron chi connectivity index (χ3n) is 3.83. The first kappa shape index (κ1) is 25.7. The second kappa shape index (κ2) is 14.6. The van der Waals surface area contributed by atoms with Gasteiger partial charge in [-0.15, -0.1) is 0 Å². The summed E-state index contributed by atoms with van der Waals surface area (Å²) in [6, 6.07) is 42.9. The van der Waals surface area contributed by atoms with Crippen LogP contribution in [0, 0.1) is 6.07 Å². The molecule has 0 saturated carbocycles. The Kier molecular flexibility index (Phi) is 12.9. The van der Waals surface area contributed by atoms with Gasteiger partial charge >= 0.3 is 119 Å². The summed E-state index contributed by atoms with van der Waals surface area (Å²) in [4.78, 5) is 0. The van der Waals surface area contributed by atoms with Gasteiger partial charge in [0.15, 0.2) is 0 Å². The van der Waals surface area contributed by atoms with Crippen molar-refractivity contribution in [3.8, 4) is 5.75 Å². The Hall–Kier alpha value is -1.38. The predicted molar refractivity (Wildman–Crippen MR) is 118 cm³/mol. The maximum absolute atomic E-state index is 4.66. The van der Waals surface area contributed by atoms with Crippen molar-refractivity contribution < 1.29 is 37.4 Å². The standard InChI is InChI=1S/C18H15As.C6H5OP.ClH.Pd/c1-4-10-16(11-5-1)19(17-12-6-2-7-13-17)18-14-8-3-9-15-18;8-7-6-4-2-1-3-5-6;;/h1-15H;1-4,8H;1H;/q;-1;;/p-1. The van der Waals surface area contributed by atoms with Gasteiger partial charge in [-0.05, 0) is 6.07 Å². The van der Waals surface area contributed by atoms with Crippen LogP contribution in [0.25, 0.3) is 0 Å². The van der Waals surface area contributed by atoms with Crippen LogP contribution in [0.15, 0.2) is 115 Å². The van der Waals surface area contributed by atoms with Crippen molar-refractivity contribution in [3.63, 3.8) is 0 Å². The first-order valence-electron chi connectivity index (χ1n) is 8.64. The fourth-order valence-electron chi connectivity index (χ4n) is 2.62. The number of hydrogen-bond donors (Lipinski definition) is 0. The van der Waals surface area contributed by atoms with Gasteiger partial charge in [0, 0.05) is 26.5 Å². The van der Waals surface area contributed by atoms with E-state index in [-0.39, 0.29) is 32.8 Å². The van der Waals surface area contributed by atoms with E-state index in [1.807, 2.05) is 18.2 Å². The molecule has 0 bridgehead atoms. The van der Waals surface area contributed by atoms with Gasteiger partial charge in [0.1, 0.15) is 0 Å². The van der Waals surface area contributed by atoms with Crippen molar-refractivity contribution in [2.45, 2.75) is 0 Å². The zero-order valence-electron chi connectivity index (χ0n) is 15.5. The van der Waals surface area contributed by atoms with E-state index in [0.717, 1.165) is 0 Å². The van der Waals surface area contributed by atoms with Crippen molar-refractivity contribution >= 4 is 37.2 Å². The molecule has 0 fully saturated rings. The fraction of sp³-hybridized carbons (Fsp3) is 0. The fourth-order valence-corrected chi connectivity index (χ4v) is 7.58. The third kappa shape index (κ3) is 8.10. The summed E-state index contributed by atoms with van der Waals surface area (Å²) in [6.45, 7) is 0. The number of benzene rings is 4. The van der Waals surface area contributed by atoms with Crippen molar-refractivity contribution in [1.29, 1.82) is 0 Å². The van der Waals surface area contributed by atoms with Crippen LogP contribution < -0.4 is 30.0 Å². The van der Waals surface area contributed by atoms with Gasteiger partial charge in [-0.1, -0.05) is 18.2 Å². The van der Waals surface area contributed by atoms with Crippen molar-refractivity contribution in [2.75, 3.05) is 0 Å². The molecule has 4 aromatic rings. The first-order valence-corrected chi connectivity index (χ1v) is 11.9. The summed E-state index contributed by atoms with van der Waals surface area (Å²) in [5.74, 6) is 0.698. The summed E-state index contributed by atoms with van der Waals surface area (Å²) < 4.78 is 9.10. The molecule has 5 heteroatoms. The molecule has 0 atom stereocenters. The predicted octanol–water partition coefficient (Wildman–Crippen LogP) is 1.13. The van der Waals surface area contributed by atoms with E-state index in [9.17, 15) is 0 Å². The number of rotatable bonds is 4. The van der Waals surface area contributed by atoms with E-state index in [0.29, 0.717) is 5.75 Å². The quantitative estimate of drug-likeness (QED) is 0.264. The molecule has 0 heterocycles. The molecule has 4 aromatic carbocycles. The Balaban J connectivity index is 0.000000360. The molecule has 0 aliphatic carbocycles. The average Bonchev–Trinajstić information content (AvgIpc) is 2.77. The Morgan fingerprint density at radius 2 is 0.966 bits per heavy atom. The van der Waals surface area contributed by atoms with Gasteiger partial charge in [-0.25, -0.2) is 0 Å². The maximum atomic E-state index is 4.66. The van der Waals surface area contributed by atoms with E-state index in [4.69, 9.17) is 0 Å². The Labute approximate surface area is 200 Å². The van der Waals surface area contributed by atoms with Gasteiger partial charge < -0.3 is 26.4 Å². The van der Waals surface area contributed by atoms with Gasteiger partial charge in [-0.3, -0.25) is 0 Å². The summed E-state index contributed by atoms with van der Waals surface area (Å²) in [6.07, 6.45) is 0.